The van der Waals surface area contributed by atoms with Crippen LogP contribution in [0.5, 0.6) is 0 Å². The second-order valence-corrected chi connectivity index (χ2v) is 4.90. The summed E-state index contributed by atoms with van der Waals surface area (Å²) in [4.78, 5) is 11.5. The Morgan fingerprint density at radius 2 is 2.14 bits per heavy atom. The van der Waals surface area contributed by atoms with Crippen LogP contribution in [0.4, 0.5) is 0 Å². The van der Waals surface area contributed by atoms with Gasteiger partial charge in [0.2, 0.25) is 0 Å². The number of rotatable bonds is 1. The van der Waals surface area contributed by atoms with Crippen molar-refractivity contribution in [2.45, 2.75) is 31.6 Å². The van der Waals surface area contributed by atoms with Gasteiger partial charge in [0.15, 0.2) is 0 Å². The van der Waals surface area contributed by atoms with Crippen LogP contribution in [0.1, 0.15) is 30.4 Å². The molecule has 72 valence electrons. The van der Waals surface area contributed by atoms with Crippen LogP contribution in [0.3, 0.4) is 0 Å². The summed E-state index contributed by atoms with van der Waals surface area (Å²) in [5, 5.41) is 0. The van der Waals surface area contributed by atoms with Gasteiger partial charge in [0.1, 0.15) is 5.78 Å². The Morgan fingerprint density at radius 1 is 1.36 bits per heavy atom. The van der Waals surface area contributed by atoms with Crippen LogP contribution in [0.25, 0.3) is 0 Å². The van der Waals surface area contributed by atoms with Crippen LogP contribution >= 0.6 is 0 Å². The summed E-state index contributed by atoms with van der Waals surface area (Å²) in [6, 6.07) is 8.65. The van der Waals surface area contributed by atoms with Gasteiger partial charge in [-0.3, -0.25) is 4.79 Å². The maximum Gasteiger partial charge on any atom is 0.136 e. The van der Waals surface area contributed by atoms with E-state index < -0.39 is 0 Å². The quantitative estimate of drug-likeness (QED) is 0.659. The van der Waals surface area contributed by atoms with Crippen molar-refractivity contribution >= 4 is 5.78 Å². The molecule has 0 unspecified atom stereocenters. The average molecular weight is 186 g/mol. The minimum atomic E-state index is 0.244. The molecular weight excluding hydrogens is 172 g/mol. The van der Waals surface area contributed by atoms with E-state index >= 15 is 0 Å². The topological polar surface area (TPSA) is 17.1 Å². The van der Waals surface area contributed by atoms with E-state index in [1.54, 1.807) is 0 Å². The van der Waals surface area contributed by atoms with E-state index in [1.165, 1.54) is 11.1 Å². The fourth-order valence-corrected chi connectivity index (χ4v) is 3.05. The summed E-state index contributed by atoms with van der Waals surface area (Å²) in [5.41, 5.74) is 2.94. The lowest BCUT2D eigenvalue weighted by Gasteiger charge is -2.37. The largest absolute Gasteiger partial charge is 0.299 e. The molecule has 0 saturated heterocycles. The number of aryl methyl sites for hydroxylation is 1. The Balaban J connectivity index is 2.01. The number of benzene rings is 1. The zero-order chi connectivity index (χ0) is 9.76. The van der Waals surface area contributed by atoms with Gasteiger partial charge in [-0.25, -0.2) is 0 Å². The molecule has 0 radical (unpaired) electrons. The molecule has 1 nitrogen and oxygen atoms in total. The average Bonchev–Trinajstić information content (AvgIpc) is 2.56. The van der Waals surface area contributed by atoms with Gasteiger partial charge < -0.3 is 0 Å². The van der Waals surface area contributed by atoms with Gasteiger partial charge >= 0.3 is 0 Å². The zero-order valence-electron chi connectivity index (χ0n) is 8.42. The normalized spacial score (nSPS) is 34.4. The fourth-order valence-electron chi connectivity index (χ4n) is 3.05. The zero-order valence-corrected chi connectivity index (χ0v) is 8.42. The van der Waals surface area contributed by atoms with Gasteiger partial charge in [0.25, 0.3) is 0 Å². The molecule has 0 aromatic heterocycles. The monoisotopic (exact) mass is 186 g/mol. The molecule has 3 saturated carbocycles. The number of carbonyl (C=O) groups excluding carboxylic acids is 1. The number of hydrogen-bond donors (Lipinski definition) is 0. The van der Waals surface area contributed by atoms with Gasteiger partial charge in [-0.2, -0.15) is 0 Å². The molecule has 3 aliphatic carbocycles. The van der Waals surface area contributed by atoms with E-state index in [2.05, 4.69) is 31.2 Å². The first-order valence-electron chi connectivity index (χ1n) is 5.29. The van der Waals surface area contributed by atoms with Crippen molar-refractivity contribution < 1.29 is 4.79 Å². The van der Waals surface area contributed by atoms with Crippen molar-refractivity contribution in [2.24, 2.45) is 5.92 Å². The van der Waals surface area contributed by atoms with Gasteiger partial charge in [-0.05, 0) is 25.3 Å². The molecule has 0 aliphatic heterocycles. The minimum Gasteiger partial charge on any atom is -0.299 e. The second-order valence-electron chi connectivity index (χ2n) is 4.90. The number of Topliss-reactive ketones (excluding diaryl/α,β-unsaturated/α-hetero) is 1. The SMILES string of the molecule is Cc1cccc(C23CC(=O)C(C2)C3)c1. The van der Waals surface area contributed by atoms with E-state index in [4.69, 9.17) is 0 Å². The third-order valence-corrected chi connectivity index (χ3v) is 3.87. The lowest BCUT2D eigenvalue weighted by atomic mass is 9.65. The Hall–Kier alpha value is -1.11. The first-order valence-corrected chi connectivity index (χ1v) is 5.29. The van der Waals surface area contributed by atoms with E-state index in [-0.39, 0.29) is 5.41 Å². The highest BCUT2D eigenvalue weighted by Gasteiger charge is 2.56. The maximum atomic E-state index is 11.5. The smallest absolute Gasteiger partial charge is 0.136 e. The summed E-state index contributed by atoms with van der Waals surface area (Å²) >= 11 is 0. The molecule has 0 heterocycles. The molecule has 1 heteroatoms. The molecule has 0 amide bonds. The molecule has 2 bridgehead atoms. The Labute approximate surface area is 84.1 Å². The summed E-state index contributed by atoms with van der Waals surface area (Å²) in [7, 11) is 0. The highest BCUT2D eigenvalue weighted by atomic mass is 16.1. The van der Waals surface area contributed by atoms with Crippen LogP contribution in [0, 0.1) is 12.8 Å². The number of ketones is 1. The van der Waals surface area contributed by atoms with Crippen molar-refractivity contribution in [1.29, 1.82) is 0 Å². The van der Waals surface area contributed by atoms with E-state index in [0.29, 0.717) is 11.7 Å². The molecule has 3 fully saturated rings. The third kappa shape index (κ3) is 0.927. The lowest BCUT2D eigenvalue weighted by Crippen LogP contribution is -2.32. The second kappa shape index (κ2) is 2.47. The molecule has 3 aliphatic rings. The Kier molecular flexibility index (Phi) is 1.45. The number of carbonyl (C=O) groups is 1. The van der Waals surface area contributed by atoms with Crippen molar-refractivity contribution in [2.75, 3.05) is 0 Å². The van der Waals surface area contributed by atoms with Crippen molar-refractivity contribution in [3.05, 3.63) is 35.4 Å². The van der Waals surface area contributed by atoms with Gasteiger partial charge in [0, 0.05) is 17.8 Å². The highest BCUT2D eigenvalue weighted by molar-refractivity contribution is 5.89. The van der Waals surface area contributed by atoms with Gasteiger partial charge in [-0.1, -0.05) is 29.8 Å². The van der Waals surface area contributed by atoms with Crippen LogP contribution in [-0.2, 0) is 10.2 Å². The Morgan fingerprint density at radius 3 is 2.71 bits per heavy atom. The molecule has 0 N–H and O–H groups in total. The molecule has 4 rings (SSSR count). The van der Waals surface area contributed by atoms with Gasteiger partial charge in [0.05, 0.1) is 0 Å². The van der Waals surface area contributed by atoms with Crippen molar-refractivity contribution in [1.82, 2.24) is 0 Å². The minimum absolute atomic E-state index is 0.244. The molecule has 14 heavy (non-hydrogen) atoms. The van der Waals surface area contributed by atoms with Crippen LogP contribution in [-0.4, -0.2) is 5.78 Å². The third-order valence-electron chi connectivity index (χ3n) is 3.87. The lowest BCUT2D eigenvalue weighted by molar-refractivity contribution is -0.119. The summed E-state index contributed by atoms with van der Waals surface area (Å²) in [5.74, 6) is 0.891. The first-order chi connectivity index (χ1) is 6.70. The Bertz CT molecular complexity index is 399. The van der Waals surface area contributed by atoms with Gasteiger partial charge in [-0.15, -0.1) is 0 Å². The predicted octanol–water partition coefficient (Wildman–Crippen LogP) is 2.62. The predicted molar refractivity (Wildman–Crippen MR) is 55.2 cm³/mol. The summed E-state index contributed by atoms with van der Waals surface area (Å²) < 4.78 is 0. The molecule has 1 aromatic carbocycles. The molecule has 0 atom stereocenters. The number of hydrogen-bond acceptors (Lipinski definition) is 1. The molecule has 1 aromatic rings. The van der Waals surface area contributed by atoms with E-state index in [0.717, 1.165) is 19.3 Å². The fraction of sp³-hybridized carbons (Fsp3) is 0.462. The standard InChI is InChI=1S/C13H14O/c1-9-3-2-4-11(5-9)13-6-10(7-13)12(14)8-13/h2-5,10H,6-8H2,1H3. The highest BCUT2D eigenvalue weighted by Crippen LogP contribution is 2.57. The molecular formula is C13H14O. The maximum absolute atomic E-state index is 11.5. The first kappa shape index (κ1) is 8.22. The van der Waals surface area contributed by atoms with E-state index in [1.807, 2.05) is 0 Å². The van der Waals surface area contributed by atoms with Crippen molar-refractivity contribution in [3.8, 4) is 0 Å². The van der Waals surface area contributed by atoms with Crippen LogP contribution in [0.2, 0.25) is 0 Å². The summed E-state index contributed by atoms with van der Waals surface area (Å²) in [6.45, 7) is 2.12. The van der Waals surface area contributed by atoms with E-state index in [9.17, 15) is 4.79 Å². The van der Waals surface area contributed by atoms with Crippen LogP contribution in [0.15, 0.2) is 24.3 Å². The van der Waals surface area contributed by atoms with Crippen LogP contribution < -0.4 is 0 Å². The number of fused-ring (bicyclic) bond motifs is 1. The summed E-state index contributed by atoms with van der Waals surface area (Å²) in [6.07, 6.45) is 3.01. The van der Waals surface area contributed by atoms with Crippen molar-refractivity contribution in [3.63, 3.8) is 0 Å². The molecule has 0 spiro atoms.